The Labute approximate surface area is 176 Å². The van der Waals surface area contributed by atoms with Crippen molar-refractivity contribution in [3.8, 4) is 0 Å². The van der Waals surface area contributed by atoms with Gasteiger partial charge in [-0.05, 0) is 18.2 Å². The number of aromatic carboxylic acids is 1. The molecule has 10 heteroatoms. The van der Waals surface area contributed by atoms with Gasteiger partial charge in [-0.3, -0.25) is 9.78 Å². The molecule has 9 nitrogen and oxygen atoms in total. The number of carbonyl (C=O) groups is 2. The quantitative estimate of drug-likeness (QED) is 0.546. The zero-order valence-corrected chi connectivity index (χ0v) is 17.8. The normalized spacial score (nSPS) is 13.0. The molecule has 1 amide bonds. The molecule has 1 aromatic carbocycles. The van der Waals surface area contributed by atoms with Crippen molar-refractivity contribution in [2.45, 2.75) is 18.6 Å². The highest BCUT2D eigenvalue weighted by Gasteiger charge is 2.22. The van der Waals surface area contributed by atoms with Crippen molar-refractivity contribution in [3.63, 3.8) is 0 Å². The summed E-state index contributed by atoms with van der Waals surface area (Å²) in [7, 11) is 4.72. The predicted octanol–water partition coefficient (Wildman–Crippen LogP) is 2.41. The molecule has 2 aromatic rings. The van der Waals surface area contributed by atoms with Gasteiger partial charge in [-0.25, -0.2) is 9.78 Å². The Kier molecular flexibility index (Phi) is 8.65. The Morgan fingerprint density at radius 2 is 1.86 bits per heavy atom. The summed E-state index contributed by atoms with van der Waals surface area (Å²) in [6.07, 6.45) is 2.65. The number of hydrogen-bond donors (Lipinski definition) is 2. The van der Waals surface area contributed by atoms with Crippen LogP contribution >= 0.6 is 15.9 Å². The molecule has 0 saturated heterocycles. The van der Waals surface area contributed by atoms with Crippen LogP contribution in [0.5, 0.6) is 0 Å². The summed E-state index contributed by atoms with van der Waals surface area (Å²) in [5, 5.41) is 11.8. The number of nitrogens with zero attached hydrogens (tertiary/aromatic N) is 2. The van der Waals surface area contributed by atoms with Crippen molar-refractivity contribution in [2.75, 3.05) is 33.3 Å². The Hall–Kier alpha value is -2.40. The van der Waals surface area contributed by atoms with Gasteiger partial charge in [0.1, 0.15) is 11.8 Å². The van der Waals surface area contributed by atoms with Crippen molar-refractivity contribution in [1.82, 2.24) is 9.97 Å². The first-order valence-electron chi connectivity index (χ1n) is 8.59. The van der Waals surface area contributed by atoms with E-state index in [0.717, 1.165) is 0 Å². The fourth-order valence-corrected chi connectivity index (χ4v) is 2.99. The van der Waals surface area contributed by atoms with E-state index in [4.69, 9.17) is 14.2 Å². The minimum Gasteiger partial charge on any atom is -0.478 e. The lowest BCUT2D eigenvalue weighted by Crippen LogP contribution is -2.35. The first-order valence-corrected chi connectivity index (χ1v) is 9.38. The molecule has 0 spiro atoms. The number of nitrogens with one attached hydrogen (secondary N) is 1. The molecule has 1 aromatic heterocycles. The molecule has 0 bridgehead atoms. The third-order valence-corrected chi connectivity index (χ3v) is 4.65. The van der Waals surface area contributed by atoms with Crippen LogP contribution in [0.4, 0.5) is 5.69 Å². The van der Waals surface area contributed by atoms with Crippen LogP contribution in [0.1, 0.15) is 26.5 Å². The maximum absolute atomic E-state index is 12.4. The predicted molar refractivity (Wildman–Crippen MR) is 108 cm³/mol. The number of carbonyl (C=O) groups excluding carboxylic acids is 1. The summed E-state index contributed by atoms with van der Waals surface area (Å²) in [4.78, 5) is 32.2. The molecule has 0 fully saturated rings. The van der Waals surface area contributed by atoms with Crippen molar-refractivity contribution in [1.29, 1.82) is 0 Å². The third kappa shape index (κ3) is 6.29. The van der Waals surface area contributed by atoms with E-state index in [9.17, 15) is 14.7 Å². The van der Waals surface area contributed by atoms with Crippen LogP contribution in [0.15, 0.2) is 35.1 Å². The number of carboxylic acid groups (broad SMARTS) is 1. The molecule has 2 N–H and O–H groups in total. The molecule has 0 aliphatic carbocycles. The number of rotatable bonds is 10. The number of aromatic nitrogens is 2. The van der Waals surface area contributed by atoms with Gasteiger partial charge in [0.2, 0.25) is 0 Å². The van der Waals surface area contributed by atoms with Gasteiger partial charge in [0.05, 0.1) is 35.9 Å². The van der Waals surface area contributed by atoms with E-state index in [2.05, 4.69) is 31.2 Å². The first-order chi connectivity index (χ1) is 13.9. The van der Waals surface area contributed by atoms with E-state index < -0.39 is 11.9 Å². The number of anilines is 1. The van der Waals surface area contributed by atoms with E-state index >= 15 is 0 Å². The Morgan fingerprint density at radius 3 is 2.41 bits per heavy atom. The second-order valence-electron chi connectivity index (χ2n) is 6.05. The molecule has 0 aliphatic heterocycles. The van der Waals surface area contributed by atoms with Gasteiger partial charge in [-0.1, -0.05) is 15.9 Å². The minimum atomic E-state index is -1.16. The van der Waals surface area contributed by atoms with Crippen molar-refractivity contribution in [3.05, 3.63) is 52.0 Å². The first kappa shape index (κ1) is 22.9. The smallest absolute Gasteiger partial charge is 0.337 e. The summed E-state index contributed by atoms with van der Waals surface area (Å²) in [5.74, 6) is -1.72. The maximum atomic E-state index is 12.4. The van der Waals surface area contributed by atoms with Crippen molar-refractivity contribution >= 4 is 33.5 Å². The summed E-state index contributed by atoms with van der Waals surface area (Å²) in [6.45, 7) is 0.363. The summed E-state index contributed by atoms with van der Waals surface area (Å²) in [5.41, 5.74) is 0.797. The lowest BCUT2D eigenvalue weighted by Gasteiger charge is -2.23. The molecule has 2 rings (SSSR count). The van der Waals surface area contributed by atoms with Crippen LogP contribution in [0, 0.1) is 0 Å². The van der Waals surface area contributed by atoms with Crippen LogP contribution in [-0.2, 0) is 20.6 Å². The largest absolute Gasteiger partial charge is 0.478 e. The Morgan fingerprint density at radius 1 is 1.14 bits per heavy atom. The number of hydrogen-bond acceptors (Lipinski definition) is 7. The van der Waals surface area contributed by atoms with Crippen LogP contribution in [0.2, 0.25) is 0 Å². The van der Waals surface area contributed by atoms with Crippen molar-refractivity contribution in [2.24, 2.45) is 0 Å². The molecule has 1 heterocycles. The van der Waals surface area contributed by atoms with E-state index in [1.165, 1.54) is 24.5 Å². The van der Waals surface area contributed by atoms with Crippen LogP contribution < -0.4 is 5.32 Å². The molecule has 0 radical (unpaired) electrons. The number of amides is 1. The average Bonchev–Trinajstić information content (AvgIpc) is 2.72. The molecule has 0 saturated carbocycles. The SMILES string of the molecule is COCC(OC)C(Cc1cnc(C(=O)Nc2ccc(Br)cc2C(=O)O)cn1)OC. The summed E-state index contributed by atoms with van der Waals surface area (Å²) < 4.78 is 16.5. The Balaban J connectivity index is 2.10. The van der Waals surface area contributed by atoms with Gasteiger partial charge < -0.3 is 24.6 Å². The fraction of sp³-hybridized carbons (Fsp3) is 0.368. The Bertz CT molecular complexity index is 846. The molecular weight excluding hydrogens is 446 g/mol. The number of ether oxygens (including phenoxy) is 3. The fourth-order valence-electron chi connectivity index (χ4n) is 2.63. The number of benzene rings is 1. The third-order valence-electron chi connectivity index (χ3n) is 4.16. The second kappa shape index (κ2) is 11.0. The topological polar surface area (TPSA) is 120 Å². The van der Waals surface area contributed by atoms with Gasteiger partial charge in [0.15, 0.2) is 0 Å². The van der Waals surface area contributed by atoms with Gasteiger partial charge in [0, 0.05) is 38.4 Å². The molecule has 2 unspecified atom stereocenters. The molecule has 156 valence electrons. The zero-order valence-electron chi connectivity index (χ0n) is 16.2. The lowest BCUT2D eigenvalue weighted by molar-refractivity contribution is -0.0674. The van der Waals surface area contributed by atoms with E-state index in [1.807, 2.05) is 0 Å². The molecule has 0 aliphatic rings. The minimum absolute atomic E-state index is 0.0380. The standard InChI is InChI=1S/C19H22BrN3O6/c1-27-10-17(29-3)16(28-2)7-12-8-22-15(9-21-12)18(24)23-14-5-4-11(20)6-13(14)19(25)26/h4-6,8-9,16-17H,7,10H2,1-3H3,(H,23,24)(H,25,26). The highest BCUT2D eigenvalue weighted by atomic mass is 79.9. The molecule has 2 atom stereocenters. The van der Waals surface area contributed by atoms with E-state index in [1.54, 1.807) is 27.4 Å². The maximum Gasteiger partial charge on any atom is 0.337 e. The average molecular weight is 468 g/mol. The second-order valence-corrected chi connectivity index (χ2v) is 6.97. The van der Waals surface area contributed by atoms with E-state index in [-0.39, 0.29) is 29.2 Å². The highest BCUT2D eigenvalue weighted by molar-refractivity contribution is 9.10. The monoisotopic (exact) mass is 467 g/mol. The number of carboxylic acids is 1. The van der Waals surface area contributed by atoms with Crippen LogP contribution in [0.3, 0.4) is 0 Å². The lowest BCUT2D eigenvalue weighted by atomic mass is 10.1. The van der Waals surface area contributed by atoms with Gasteiger partial charge in [-0.15, -0.1) is 0 Å². The summed E-state index contributed by atoms with van der Waals surface area (Å²) in [6, 6.07) is 4.54. The van der Waals surface area contributed by atoms with Crippen LogP contribution in [0.25, 0.3) is 0 Å². The van der Waals surface area contributed by atoms with Gasteiger partial charge in [-0.2, -0.15) is 0 Å². The molecular formula is C19H22BrN3O6. The number of halogens is 1. The summed E-state index contributed by atoms with van der Waals surface area (Å²) >= 11 is 3.21. The van der Waals surface area contributed by atoms with Crippen LogP contribution in [-0.4, -0.2) is 67.1 Å². The van der Waals surface area contributed by atoms with E-state index in [0.29, 0.717) is 23.2 Å². The number of methoxy groups -OCH3 is 3. The highest BCUT2D eigenvalue weighted by Crippen LogP contribution is 2.21. The van der Waals surface area contributed by atoms with Gasteiger partial charge in [0.25, 0.3) is 5.91 Å². The van der Waals surface area contributed by atoms with Crippen molar-refractivity contribution < 1.29 is 28.9 Å². The molecule has 29 heavy (non-hydrogen) atoms. The van der Waals surface area contributed by atoms with Gasteiger partial charge >= 0.3 is 5.97 Å². The zero-order chi connectivity index (χ0) is 21.4.